The summed E-state index contributed by atoms with van der Waals surface area (Å²) in [5.74, 6) is -0.00984. The minimum Gasteiger partial charge on any atom is -0.368 e. The van der Waals surface area contributed by atoms with Crippen LogP contribution in [0.4, 0.5) is 0 Å². The molecule has 24 heavy (non-hydrogen) atoms. The molecule has 1 aromatic carbocycles. The molecule has 1 unspecified atom stereocenters. The van der Waals surface area contributed by atoms with Gasteiger partial charge in [0, 0.05) is 38.2 Å². The summed E-state index contributed by atoms with van der Waals surface area (Å²) in [6, 6.07) is 9.31. The summed E-state index contributed by atoms with van der Waals surface area (Å²) in [6.07, 6.45) is 2.93. The summed E-state index contributed by atoms with van der Waals surface area (Å²) in [5.41, 5.74) is 0.841. The van der Waals surface area contributed by atoms with Crippen LogP contribution in [0.5, 0.6) is 0 Å². The van der Waals surface area contributed by atoms with Gasteiger partial charge in [-0.2, -0.15) is 4.31 Å². The molecular weight excluding hydrogens is 328 g/mol. The normalized spacial score (nSPS) is 23.0. The third-order valence-electron chi connectivity index (χ3n) is 4.35. The Labute approximate surface area is 142 Å². The number of ether oxygens (including phenoxy) is 1. The Hall–Kier alpha value is -1.70. The number of piperazine rings is 1. The van der Waals surface area contributed by atoms with Gasteiger partial charge in [0.1, 0.15) is 6.10 Å². The minimum atomic E-state index is -3.47. The third-order valence-corrected chi connectivity index (χ3v) is 5.91. The number of carbonyl (C=O) groups is 1. The van der Waals surface area contributed by atoms with Crippen LogP contribution in [0, 0.1) is 0 Å². The van der Waals surface area contributed by atoms with E-state index < -0.39 is 10.0 Å². The van der Waals surface area contributed by atoms with Gasteiger partial charge in [0.2, 0.25) is 10.0 Å². The molecule has 6 nitrogen and oxygen atoms in total. The molecule has 2 aliphatic heterocycles. The maximum Gasteiger partial charge on any atom is 0.251 e. The van der Waals surface area contributed by atoms with Gasteiger partial charge in [0.15, 0.2) is 0 Å². The Morgan fingerprint density at radius 3 is 2.46 bits per heavy atom. The Bertz CT molecular complexity index is 689. The first-order valence-corrected chi connectivity index (χ1v) is 9.70. The van der Waals surface area contributed by atoms with Gasteiger partial charge in [-0.05, 0) is 24.5 Å². The van der Waals surface area contributed by atoms with E-state index >= 15 is 0 Å². The van der Waals surface area contributed by atoms with E-state index in [1.807, 2.05) is 30.3 Å². The van der Waals surface area contributed by atoms with E-state index in [1.165, 1.54) is 9.71 Å². The van der Waals surface area contributed by atoms with E-state index in [2.05, 4.69) is 0 Å². The maximum absolute atomic E-state index is 12.4. The highest BCUT2D eigenvalue weighted by atomic mass is 32.2. The molecule has 0 aromatic heterocycles. The second-order valence-electron chi connectivity index (χ2n) is 5.98. The zero-order chi connectivity index (χ0) is 17.0. The minimum absolute atomic E-state index is 0.00984. The molecule has 1 aromatic rings. The fourth-order valence-electron chi connectivity index (χ4n) is 2.95. The van der Waals surface area contributed by atoms with Crippen LogP contribution in [0.1, 0.15) is 18.4 Å². The zero-order valence-electron chi connectivity index (χ0n) is 13.5. The van der Waals surface area contributed by atoms with E-state index in [-0.39, 0.29) is 12.0 Å². The first kappa shape index (κ1) is 17.1. The lowest BCUT2D eigenvalue weighted by molar-refractivity contribution is -0.142. The van der Waals surface area contributed by atoms with Gasteiger partial charge < -0.3 is 9.64 Å². The molecule has 1 amide bonds. The predicted octanol–water partition coefficient (Wildman–Crippen LogP) is 1.31. The van der Waals surface area contributed by atoms with Gasteiger partial charge in [-0.15, -0.1) is 0 Å². The first-order valence-electron chi connectivity index (χ1n) is 8.20. The van der Waals surface area contributed by atoms with Crippen molar-refractivity contribution in [3.05, 3.63) is 41.3 Å². The number of amides is 1. The van der Waals surface area contributed by atoms with Gasteiger partial charge in [0.25, 0.3) is 5.91 Å². The van der Waals surface area contributed by atoms with Crippen molar-refractivity contribution < 1.29 is 17.9 Å². The van der Waals surface area contributed by atoms with Crippen LogP contribution < -0.4 is 0 Å². The smallest absolute Gasteiger partial charge is 0.251 e. The molecule has 7 heteroatoms. The number of hydrogen-bond acceptors (Lipinski definition) is 4. The lowest BCUT2D eigenvalue weighted by Crippen LogP contribution is -2.52. The second kappa shape index (κ2) is 7.46. The lowest BCUT2D eigenvalue weighted by atomic mass is 10.2. The van der Waals surface area contributed by atoms with Crippen LogP contribution in [-0.2, 0) is 19.6 Å². The highest BCUT2D eigenvalue weighted by Gasteiger charge is 2.32. The van der Waals surface area contributed by atoms with E-state index in [0.29, 0.717) is 32.8 Å². The molecule has 0 aliphatic carbocycles. The average molecular weight is 350 g/mol. The van der Waals surface area contributed by atoms with Crippen LogP contribution in [0.3, 0.4) is 0 Å². The summed E-state index contributed by atoms with van der Waals surface area (Å²) in [5, 5.41) is 1.24. The van der Waals surface area contributed by atoms with E-state index in [4.69, 9.17) is 4.74 Å². The fraction of sp³-hybridized carbons (Fsp3) is 0.471. The molecule has 0 spiro atoms. The van der Waals surface area contributed by atoms with E-state index in [0.717, 1.165) is 18.4 Å². The van der Waals surface area contributed by atoms with Crippen molar-refractivity contribution in [2.45, 2.75) is 18.9 Å². The van der Waals surface area contributed by atoms with Gasteiger partial charge in [-0.3, -0.25) is 4.79 Å². The third kappa shape index (κ3) is 4.03. The Morgan fingerprint density at radius 2 is 1.83 bits per heavy atom. The zero-order valence-corrected chi connectivity index (χ0v) is 14.3. The maximum atomic E-state index is 12.4. The highest BCUT2D eigenvalue weighted by Crippen LogP contribution is 2.17. The van der Waals surface area contributed by atoms with Gasteiger partial charge in [0.05, 0.1) is 0 Å². The molecule has 1 atom stereocenters. The van der Waals surface area contributed by atoms with Crippen molar-refractivity contribution >= 4 is 22.0 Å². The second-order valence-corrected chi connectivity index (χ2v) is 7.80. The Balaban J connectivity index is 1.57. The monoisotopic (exact) mass is 350 g/mol. The SMILES string of the molecule is O=C(C1CCCO1)N1CCN(S(=O)(=O)C=Cc2ccccc2)CC1. The summed E-state index contributed by atoms with van der Waals surface area (Å²) >= 11 is 0. The van der Waals surface area contributed by atoms with Crippen molar-refractivity contribution in [3.8, 4) is 0 Å². The number of nitrogens with zero attached hydrogens (tertiary/aromatic N) is 2. The van der Waals surface area contributed by atoms with Crippen molar-refractivity contribution in [1.82, 2.24) is 9.21 Å². The number of benzene rings is 1. The van der Waals surface area contributed by atoms with Crippen molar-refractivity contribution in [3.63, 3.8) is 0 Å². The number of rotatable bonds is 4. The van der Waals surface area contributed by atoms with Gasteiger partial charge >= 0.3 is 0 Å². The topological polar surface area (TPSA) is 66.9 Å². The standard InChI is InChI=1S/C17H22N2O4S/c20-17(16-7-4-13-23-16)18-9-11-19(12-10-18)24(21,22)14-8-15-5-2-1-3-6-15/h1-3,5-6,8,14,16H,4,7,9-13H2. The summed E-state index contributed by atoms with van der Waals surface area (Å²) in [4.78, 5) is 14.0. The van der Waals surface area contributed by atoms with Crippen LogP contribution >= 0.6 is 0 Å². The summed E-state index contributed by atoms with van der Waals surface area (Å²) in [6.45, 7) is 2.10. The molecule has 0 bridgehead atoms. The van der Waals surface area contributed by atoms with Crippen molar-refractivity contribution in [2.75, 3.05) is 32.8 Å². The molecule has 3 rings (SSSR count). The molecule has 2 fully saturated rings. The van der Waals surface area contributed by atoms with Gasteiger partial charge in [-0.25, -0.2) is 8.42 Å². The largest absolute Gasteiger partial charge is 0.368 e. The van der Waals surface area contributed by atoms with Crippen LogP contribution in [0.25, 0.3) is 6.08 Å². The summed E-state index contributed by atoms with van der Waals surface area (Å²) in [7, 11) is -3.47. The average Bonchev–Trinajstić information content (AvgIpc) is 3.15. The van der Waals surface area contributed by atoms with E-state index in [9.17, 15) is 13.2 Å². The van der Waals surface area contributed by atoms with Crippen LogP contribution in [-0.4, -0.2) is 62.4 Å². The predicted molar refractivity (Wildman–Crippen MR) is 91.5 cm³/mol. The number of sulfonamides is 1. The van der Waals surface area contributed by atoms with Crippen molar-refractivity contribution in [2.24, 2.45) is 0 Å². The Morgan fingerprint density at radius 1 is 1.12 bits per heavy atom. The van der Waals surface area contributed by atoms with Gasteiger partial charge in [-0.1, -0.05) is 30.3 Å². The molecule has 2 aliphatic rings. The molecular formula is C17H22N2O4S. The Kier molecular flexibility index (Phi) is 5.33. The fourth-order valence-corrected chi connectivity index (χ4v) is 4.13. The van der Waals surface area contributed by atoms with Crippen molar-refractivity contribution in [1.29, 1.82) is 0 Å². The van der Waals surface area contributed by atoms with E-state index in [1.54, 1.807) is 11.0 Å². The molecule has 0 N–H and O–H groups in total. The first-order chi connectivity index (χ1) is 11.6. The lowest BCUT2D eigenvalue weighted by Gasteiger charge is -2.34. The molecule has 0 saturated carbocycles. The molecule has 2 saturated heterocycles. The molecule has 0 radical (unpaired) electrons. The molecule has 130 valence electrons. The summed E-state index contributed by atoms with van der Waals surface area (Å²) < 4.78 is 31.6. The highest BCUT2D eigenvalue weighted by molar-refractivity contribution is 7.92. The molecule has 2 heterocycles. The number of hydrogen-bond donors (Lipinski definition) is 0. The quantitative estimate of drug-likeness (QED) is 0.821. The van der Waals surface area contributed by atoms with Crippen LogP contribution in [0.15, 0.2) is 35.7 Å². The van der Waals surface area contributed by atoms with Crippen LogP contribution in [0.2, 0.25) is 0 Å². The number of carbonyl (C=O) groups excluding carboxylic acids is 1.